The molecule has 2 aromatic rings. The zero-order valence-corrected chi connectivity index (χ0v) is 19.4. The maximum Gasteiger partial charge on any atom is 0.509 e. The average Bonchev–Trinajstić information content (AvgIpc) is 2.71. The van der Waals surface area contributed by atoms with Crippen molar-refractivity contribution in [3.8, 4) is 0 Å². The lowest BCUT2D eigenvalue weighted by Gasteiger charge is -2.29. The van der Waals surface area contributed by atoms with Crippen LogP contribution in [0.4, 0.5) is 4.79 Å². The van der Waals surface area contributed by atoms with Crippen molar-refractivity contribution in [2.75, 3.05) is 14.2 Å². The summed E-state index contributed by atoms with van der Waals surface area (Å²) in [5.74, 6) is -0.856. The lowest BCUT2D eigenvalue weighted by atomic mass is 9.96. The van der Waals surface area contributed by atoms with E-state index in [1.165, 1.54) is 14.2 Å². The summed E-state index contributed by atoms with van der Waals surface area (Å²) in [6, 6.07) is 13.9. The molecule has 172 valence electrons. The highest BCUT2D eigenvalue weighted by atomic mass is 16.7. The Morgan fingerprint density at radius 3 is 1.41 bits per heavy atom. The van der Waals surface area contributed by atoms with Crippen LogP contribution in [0.1, 0.15) is 59.5 Å². The molecule has 0 unspecified atom stereocenters. The highest BCUT2D eigenvalue weighted by Gasteiger charge is 2.30. The van der Waals surface area contributed by atoms with Gasteiger partial charge in [0.05, 0.1) is 25.3 Å². The number of esters is 2. The van der Waals surface area contributed by atoms with Gasteiger partial charge in [-0.05, 0) is 63.1 Å². The standard InChI is InChI=1S/C25H30O7/c1-24(2,15-17-9-7-11-19(13-17)21(26)29-5)31-23(28)32-25(3,4)16-18-10-8-12-20(14-18)22(27)30-6/h7-14H,15-16H2,1-6H3. The summed E-state index contributed by atoms with van der Waals surface area (Å²) < 4.78 is 20.6. The molecule has 0 spiro atoms. The van der Waals surface area contributed by atoms with Gasteiger partial charge in [0.1, 0.15) is 11.2 Å². The third-order valence-electron chi connectivity index (χ3n) is 4.68. The summed E-state index contributed by atoms with van der Waals surface area (Å²) in [5.41, 5.74) is 0.769. The molecule has 0 atom stereocenters. The van der Waals surface area contributed by atoms with Gasteiger partial charge in [0.15, 0.2) is 0 Å². The van der Waals surface area contributed by atoms with Crippen LogP contribution in [0.2, 0.25) is 0 Å². The van der Waals surface area contributed by atoms with Crippen molar-refractivity contribution < 1.29 is 33.3 Å². The minimum atomic E-state index is -0.868. The highest BCUT2D eigenvalue weighted by molar-refractivity contribution is 5.89. The second-order valence-corrected chi connectivity index (χ2v) is 8.71. The van der Waals surface area contributed by atoms with Crippen LogP contribution in [-0.4, -0.2) is 43.5 Å². The number of carbonyl (C=O) groups is 3. The van der Waals surface area contributed by atoms with E-state index in [-0.39, 0.29) is 0 Å². The Morgan fingerprint density at radius 2 is 1.06 bits per heavy atom. The normalized spacial score (nSPS) is 11.4. The quantitative estimate of drug-likeness (QED) is 0.430. The Balaban J connectivity index is 2.00. The van der Waals surface area contributed by atoms with Crippen LogP contribution in [0, 0.1) is 0 Å². The van der Waals surface area contributed by atoms with Gasteiger partial charge in [-0.2, -0.15) is 0 Å². The van der Waals surface area contributed by atoms with Gasteiger partial charge >= 0.3 is 18.1 Å². The number of rotatable bonds is 8. The minimum Gasteiger partial charge on any atom is -0.465 e. The molecular formula is C25H30O7. The fourth-order valence-corrected chi connectivity index (χ4v) is 3.38. The van der Waals surface area contributed by atoms with Gasteiger partial charge in [-0.15, -0.1) is 0 Å². The summed E-state index contributed by atoms with van der Waals surface area (Å²) in [6.45, 7) is 7.08. The van der Waals surface area contributed by atoms with Crippen molar-refractivity contribution in [2.45, 2.75) is 51.7 Å². The SMILES string of the molecule is COC(=O)c1cccc(CC(C)(C)OC(=O)OC(C)(C)Cc2cccc(C(=O)OC)c2)c1. The van der Waals surface area contributed by atoms with E-state index in [1.807, 2.05) is 12.1 Å². The van der Waals surface area contributed by atoms with Crippen LogP contribution in [0.5, 0.6) is 0 Å². The summed E-state index contributed by atoms with van der Waals surface area (Å²) in [4.78, 5) is 36.0. The second-order valence-electron chi connectivity index (χ2n) is 8.71. The van der Waals surface area contributed by atoms with E-state index in [4.69, 9.17) is 18.9 Å². The Morgan fingerprint density at radius 1 is 0.688 bits per heavy atom. The van der Waals surface area contributed by atoms with Gasteiger partial charge < -0.3 is 18.9 Å². The zero-order chi connectivity index (χ0) is 23.9. The van der Waals surface area contributed by atoms with E-state index in [1.54, 1.807) is 64.1 Å². The van der Waals surface area contributed by atoms with Crippen LogP contribution in [-0.2, 0) is 31.8 Å². The van der Waals surface area contributed by atoms with Gasteiger partial charge in [0.2, 0.25) is 0 Å². The van der Waals surface area contributed by atoms with E-state index in [9.17, 15) is 14.4 Å². The van der Waals surface area contributed by atoms with Gasteiger partial charge in [0.25, 0.3) is 0 Å². The van der Waals surface area contributed by atoms with E-state index < -0.39 is 29.3 Å². The molecule has 7 heteroatoms. The maximum absolute atomic E-state index is 12.5. The van der Waals surface area contributed by atoms with Crippen LogP contribution in [0.3, 0.4) is 0 Å². The highest BCUT2D eigenvalue weighted by Crippen LogP contribution is 2.23. The number of ether oxygens (including phenoxy) is 4. The first-order valence-electron chi connectivity index (χ1n) is 10.2. The van der Waals surface area contributed by atoms with Crippen LogP contribution in [0.25, 0.3) is 0 Å². The van der Waals surface area contributed by atoms with Crippen molar-refractivity contribution >= 4 is 18.1 Å². The smallest absolute Gasteiger partial charge is 0.465 e. The van der Waals surface area contributed by atoms with Crippen LogP contribution < -0.4 is 0 Å². The average molecular weight is 443 g/mol. The number of carbonyl (C=O) groups excluding carboxylic acids is 3. The lowest BCUT2D eigenvalue weighted by Crippen LogP contribution is -2.36. The van der Waals surface area contributed by atoms with E-state index >= 15 is 0 Å². The molecule has 0 aliphatic rings. The van der Waals surface area contributed by atoms with Crippen LogP contribution >= 0.6 is 0 Å². The molecular weight excluding hydrogens is 412 g/mol. The molecule has 0 aromatic heterocycles. The molecule has 0 aliphatic heterocycles. The Kier molecular flexibility index (Phi) is 8.02. The first kappa shape index (κ1) is 24.9. The number of hydrogen-bond donors (Lipinski definition) is 0. The third kappa shape index (κ3) is 7.41. The third-order valence-corrected chi connectivity index (χ3v) is 4.68. The second kappa shape index (κ2) is 10.3. The van der Waals surface area contributed by atoms with E-state index in [0.29, 0.717) is 24.0 Å². The molecule has 0 heterocycles. The number of methoxy groups -OCH3 is 2. The van der Waals surface area contributed by atoms with Crippen molar-refractivity contribution in [2.24, 2.45) is 0 Å². The molecule has 0 saturated heterocycles. The van der Waals surface area contributed by atoms with Crippen molar-refractivity contribution in [1.82, 2.24) is 0 Å². The zero-order valence-electron chi connectivity index (χ0n) is 19.4. The van der Waals surface area contributed by atoms with Gasteiger partial charge in [-0.25, -0.2) is 14.4 Å². The largest absolute Gasteiger partial charge is 0.509 e. The monoisotopic (exact) mass is 442 g/mol. The first-order chi connectivity index (χ1) is 14.9. The van der Waals surface area contributed by atoms with E-state index in [2.05, 4.69) is 0 Å². The molecule has 0 aliphatic carbocycles. The fraction of sp³-hybridized carbons (Fsp3) is 0.400. The fourth-order valence-electron chi connectivity index (χ4n) is 3.38. The molecule has 2 rings (SSSR count). The summed E-state index contributed by atoms with van der Waals surface area (Å²) in [7, 11) is 2.65. The van der Waals surface area contributed by atoms with Crippen LogP contribution in [0.15, 0.2) is 48.5 Å². The summed E-state index contributed by atoms with van der Waals surface area (Å²) in [5, 5.41) is 0. The predicted molar refractivity (Wildman–Crippen MR) is 119 cm³/mol. The predicted octanol–water partition coefficient (Wildman–Crippen LogP) is 4.76. The van der Waals surface area contributed by atoms with Crippen molar-refractivity contribution in [1.29, 1.82) is 0 Å². The van der Waals surface area contributed by atoms with E-state index in [0.717, 1.165) is 11.1 Å². The Bertz CT molecular complexity index is 898. The summed E-state index contributed by atoms with van der Waals surface area (Å²) >= 11 is 0. The molecule has 0 radical (unpaired) electrons. The van der Waals surface area contributed by atoms with Crippen molar-refractivity contribution in [3.05, 3.63) is 70.8 Å². The van der Waals surface area contributed by atoms with Gasteiger partial charge in [-0.3, -0.25) is 0 Å². The maximum atomic E-state index is 12.5. The number of benzene rings is 2. The summed E-state index contributed by atoms with van der Waals surface area (Å²) in [6.07, 6.45) is -0.0310. The molecule has 0 N–H and O–H groups in total. The molecule has 0 amide bonds. The Hall–Kier alpha value is -3.35. The molecule has 0 fully saturated rings. The lowest BCUT2D eigenvalue weighted by molar-refractivity contribution is -0.0582. The molecule has 7 nitrogen and oxygen atoms in total. The minimum absolute atomic E-state index is 0.383. The van der Waals surface area contributed by atoms with Gasteiger partial charge in [-0.1, -0.05) is 24.3 Å². The first-order valence-corrected chi connectivity index (χ1v) is 10.2. The Labute approximate surface area is 188 Å². The molecule has 2 aromatic carbocycles. The molecule has 0 bridgehead atoms. The number of hydrogen-bond acceptors (Lipinski definition) is 7. The molecule has 0 saturated carbocycles. The van der Waals surface area contributed by atoms with Crippen molar-refractivity contribution in [3.63, 3.8) is 0 Å². The topological polar surface area (TPSA) is 88.1 Å². The molecule has 32 heavy (non-hydrogen) atoms. The van der Waals surface area contributed by atoms with Gasteiger partial charge in [0, 0.05) is 12.8 Å².